The molecule has 242 valence electrons. The molecule has 1 aromatic heterocycles. The number of alkyl halides is 3. The number of aryl methyl sites for hydroxylation is 1. The van der Waals surface area contributed by atoms with Crippen LogP contribution < -0.4 is 15.0 Å². The number of carbonyl (C=O) groups is 2. The zero-order chi connectivity index (χ0) is 33.2. The van der Waals surface area contributed by atoms with E-state index in [0.29, 0.717) is 40.7 Å². The van der Waals surface area contributed by atoms with Crippen LogP contribution in [0.5, 0.6) is 5.75 Å². The number of aromatic nitrogens is 2. The number of likely N-dealkylation sites (N-methyl/N-ethyl adjacent to an activating group) is 1. The Balaban J connectivity index is 1.57. The maximum Gasteiger partial charge on any atom is 0.416 e. The van der Waals surface area contributed by atoms with Gasteiger partial charge in [0.05, 0.1) is 23.6 Å². The van der Waals surface area contributed by atoms with E-state index in [1.165, 1.54) is 35.2 Å². The number of carbonyl (C=O) groups excluding carboxylic acids is 2. The molecule has 3 aromatic carbocycles. The van der Waals surface area contributed by atoms with Gasteiger partial charge in [0, 0.05) is 36.2 Å². The first-order valence-corrected chi connectivity index (χ1v) is 14.9. The first-order valence-electron chi connectivity index (χ1n) is 14.9. The summed E-state index contributed by atoms with van der Waals surface area (Å²) >= 11 is 0. The summed E-state index contributed by atoms with van der Waals surface area (Å²) in [6, 6.07) is 15.7. The van der Waals surface area contributed by atoms with E-state index in [-0.39, 0.29) is 12.1 Å². The normalized spacial score (nSPS) is 16.5. The van der Waals surface area contributed by atoms with Crippen molar-refractivity contribution < 1.29 is 31.9 Å². The molecular formula is C34H35F4N5O3. The van der Waals surface area contributed by atoms with E-state index >= 15 is 0 Å². The van der Waals surface area contributed by atoms with Gasteiger partial charge in [0.2, 0.25) is 0 Å². The van der Waals surface area contributed by atoms with Crippen molar-refractivity contribution in [3.05, 3.63) is 107 Å². The number of hydrogen-bond donors (Lipinski definition) is 1. The molecule has 4 aromatic rings. The van der Waals surface area contributed by atoms with E-state index in [2.05, 4.69) is 10.2 Å². The maximum atomic E-state index is 14.2. The van der Waals surface area contributed by atoms with Crippen LogP contribution in [0.15, 0.2) is 72.8 Å². The molecule has 5 rings (SSSR count). The fourth-order valence-corrected chi connectivity index (χ4v) is 5.73. The molecule has 1 aliphatic heterocycles. The molecule has 2 unspecified atom stereocenters. The number of nitrogens with zero attached hydrogens (tertiary/aromatic N) is 4. The Bertz CT molecular complexity index is 1720. The summed E-state index contributed by atoms with van der Waals surface area (Å²) in [7, 11) is 3.98. The van der Waals surface area contributed by atoms with Gasteiger partial charge >= 0.3 is 6.18 Å². The van der Waals surface area contributed by atoms with Crippen LogP contribution in [0.3, 0.4) is 0 Å². The summed E-state index contributed by atoms with van der Waals surface area (Å²) in [4.78, 5) is 31.2. The molecule has 0 bridgehead atoms. The van der Waals surface area contributed by atoms with Crippen LogP contribution in [0.2, 0.25) is 0 Å². The number of rotatable bonds is 10. The molecule has 0 fully saturated rings. The second-order valence-corrected chi connectivity index (χ2v) is 11.4. The topological polar surface area (TPSA) is 79.7 Å². The predicted octanol–water partition coefficient (Wildman–Crippen LogP) is 5.97. The van der Waals surface area contributed by atoms with Crippen LogP contribution in [0.4, 0.5) is 23.4 Å². The summed E-state index contributed by atoms with van der Waals surface area (Å²) in [5, 5.41) is 7.51. The summed E-state index contributed by atoms with van der Waals surface area (Å²) in [5.74, 6) is -1.53. The molecule has 0 saturated carbocycles. The molecule has 2 heterocycles. The Kier molecular flexibility index (Phi) is 9.47. The Hall–Kier alpha value is -4.71. The van der Waals surface area contributed by atoms with Gasteiger partial charge in [0.1, 0.15) is 23.4 Å². The maximum absolute atomic E-state index is 14.2. The van der Waals surface area contributed by atoms with Gasteiger partial charge in [0.25, 0.3) is 11.8 Å². The predicted molar refractivity (Wildman–Crippen MR) is 166 cm³/mol. The van der Waals surface area contributed by atoms with Crippen molar-refractivity contribution >= 4 is 17.6 Å². The molecule has 0 aliphatic carbocycles. The molecule has 0 saturated heterocycles. The molecule has 1 aliphatic rings. The quantitative estimate of drug-likeness (QED) is 0.171. The first-order chi connectivity index (χ1) is 21.9. The molecular weight excluding hydrogens is 602 g/mol. The second kappa shape index (κ2) is 13.3. The molecule has 8 nitrogen and oxygen atoms in total. The van der Waals surface area contributed by atoms with Crippen LogP contribution >= 0.6 is 0 Å². The number of halogens is 4. The molecule has 1 N–H and O–H groups in total. The third-order valence-electron chi connectivity index (χ3n) is 7.88. The van der Waals surface area contributed by atoms with Crippen LogP contribution in [0, 0.1) is 12.7 Å². The van der Waals surface area contributed by atoms with E-state index in [1.54, 1.807) is 18.5 Å². The van der Waals surface area contributed by atoms with E-state index in [1.807, 2.05) is 38.4 Å². The highest BCUT2D eigenvalue weighted by molar-refractivity contribution is 6.05. The summed E-state index contributed by atoms with van der Waals surface area (Å²) < 4.78 is 61.9. The highest BCUT2D eigenvalue weighted by Gasteiger charge is 2.45. The average Bonchev–Trinajstić information content (AvgIpc) is 3.36. The number of ether oxygens (including phenoxy) is 1. The Labute approximate surface area is 264 Å². The van der Waals surface area contributed by atoms with Gasteiger partial charge < -0.3 is 15.0 Å². The highest BCUT2D eigenvalue weighted by atomic mass is 19.4. The SMILES string of the molecule is CCN1C(=O)C(NC(=O)c2cccc(C(F)(F)F)c2)C(c2ccc(F)cc2)c2c(C)nn(-c3cccc(OCCCN(C)C)c3)c21. The number of benzene rings is 3. The zero-order valence-electron chi connectivity index (χ0n) is 25.9. The van der Waals surface area contributed by atoms with Crippen molar-refractivity contribution in [1.82, 2.24) is 20.0 Å². The van der Waals surface area contributed by atoms with Crippen LogP contribution in [-0.2, 0) is 11.0 Å². The average molecular weight is 638 g/mol. The standard InChI is InChI=1S/C34H35F4N5O3/c1-5-42-32-28(21(2)40-43(32)26-11-7-12-27(20-26)46-18-8-17-41(3)4)29(22-13-15-25(35)16-14-22)30(33(42)45)39-31(44)23-9-6-10-24(19-23)34(36,37)38/h6-7,9-16,19-20,29-30H,5,8,17-18H2,1-4H3,(H,39,44). The van der Waals surface area contributed by atoms with Crippen molar-refractivity contribution in [3.63, 3.8) is 0 Å². The van der Waals surface area contributed by atoms with Gasteiger partial charge in [-0.2, -0.15) is 18.3 Å². The monoisotopic (exact) mass is 637 g/mol. The van der Waals surface area contributed by atoms with Crippen molar-refractivity contribution in [2.45, 2.75) is 38.4 Å². The summed E-state index contributed by atoms with van der Waals surface area (Å²) in [6.07, 6.45) is -3.82. The van der Waals surface area contributed by atoms with Crippen LogP contribution in [0.1, 0.15) is 52.0 Å². The Morgan fingerprint density at radius 2 is 1.76 bits per heavy atom. The lowest BCUT2D eigenvalue weighted by molar-refractivity contribution is -0.137. The zero-order valence-corrected chi connectivity index (χ0v) is 25.9. The largest absolute Gasteiger partial charge is 0.493 e. The van der Waals surface area contributed by atoms with Crippen LogP contribution in [0.25, 0.3) is 5.69 Å². The minimum absolute atomic E-state index is 0.212. The molecule has 12 heteroatoms. The second-order valence-electron chi connectivity index (χ2n) is 11.4. The third-order valence-corrected chi connectivity index (χ3v) is 7.88. The lowest BCUT2D eigenvalue weighted by atomic mass is 9.81. The molecule has 2 atom stereocenters. The minimum Gasteiger partial charge on any atom is -0.493 e. The fraction of sp³-hybridized carbons (Fsp3) is 0.324. The molecule has 2 amide bonds. The first kappa shape index (κ1) is 32.7. The van der Waals surface area contributed by atoms with Crippen molar-refractivity contribution in [3.8, 4) is 11.4 Å². The van der Waals surface area contributed by atoms with Gasteiger partial charge in [0.15, 0.2) is 0 Å². The lowest BCUT2D eigenvalue weighted by Gasteiger charge is -2.38. The molecule has 0 radical (unpaired) electrons. The molecule has 0 spiro atoms. The smallest absolute Gasteiger partial charge is 0.416 e. The third kappa shape index (κ3) is 6.76. The fourth-order valence-electron chi connectivity index (χ4n) is 5.73. The van der Waals surface area contributed by atoms with Gasteiger partial charge in [-0.15, -0.1) is 0 Å². The number of amides is 2. The molecule has 46 heavy (non-hydrogen) atoms. The van der Waals surface area contributed by atoms with E-state index < -0.39 is 41.3 Å². The van der Waals surface area contributed by atoms with Gasteiger partial charge in [-0.25, -0.2) is 9.07 Å². The lowest BCUT2D eigenvalue weighted by Crippen LogP contribution is -2.55. The van der Waals surface area contributed by atoms with E-state index in [0.717, 1.165) is 31.2 Å². The number of hydrogen-bond acceptors (Lipinski definition) is 5. The Morgan fingerprint density at radius 1 is 1.04 bits per heavy atom. The highest BCUT2D eigenvalue weighted by Crippen LogP contribution is 2.43. The van der Waals surface area contributed by atoms with Gasteiger partial charge in [-0.05, 0) is 82.4 Å². The number of fused-ring (bicyclic) bond motifs is 1. The van der Waals surface area contributed by atoms with Gasteiger partial charge in [-0.1, -0.05) is 24.3 Å². The van der Waals surface area contributed by atoms with Crippen molar-refractivity contribution in [1.29, 1.82) is 0 Å². The Morgan fingerprint density at radius 3 is 2.43 bits per heavy atom. The van der Waals surface area contributed by atoms with Crippen molar-refractivity contribution in [2.24, 2.45) is 0 Å². The summed E-state index contributed by atoms with van der Waals surface area (Å²) in [5.41, 5.74) is 1.13. The van der Waals surface area contributed by atoms with Gasteiger partial charge in [-0.3, -0.25) is 14.5 Å². The van der Waals surface area contributed by atoms with E-state index in [9.17, 15) is 27.2 Å². The van der Waals surface area contributed by atoms with Crippen LogP contribution in [-0.4, -0.2) is 66.3 Å². The number of nitrogens with one attached hydrogen (secondary N) is 1. The summed E-state index contributed by atoms with van der Waals surface area (Å²) in [6.45, 7) is 5.15. The number of anilines is 1. The van der Waals surface area contributed by atoms with Crippen molar-refractivity contribution in [2.75, 3.05) is 38.7 Å². The van der Waals surface area contributed by atoms with E-state index in [4.69, 9.17) is 9.84 Å². The minimum atomic E-state index is -4.65.